The van der Waals surface area contributed by atoms with Crippen LogP contribution in [0.15, 0.2) is 34.2 Å². The van der Waals surface area contributed by atoms with Crippen molar-refractivity contribution in [3.8, 4) is 0 Å². The molecule has 0 radical (unpaired) electrons. The molecular weight excluding hydrogens is 312 g/mol. The standard InChI is InChI=1S/C16H20N4O2S/c1-3-9-20-15(22)17-18-16(20)23-11(2)14(21)19-10-8-12-6-4-5-7-13(12)19/h4-7,11H,3,8-10H2,1-2H3,(H,17,22)/t11-/m1/s1. The minimum Gasteiger partial charge on any atom is -0.311 e. The number of para-hydroxylation sites is 1. The van der Waals surface area contributed by atoms with E-state index in [9.17, 15) is 9.59 Å². The molecule has 1 N–H and O–H groups in total. The molecule has 1 aliphatic rings. The van der Waals surface area contributed by atoms with Crippen molar-refractivity contribution in [2.24, 2.45) is 0 Å². The summed E-state index contributed by atoms with van der Waals surface area (Å²) in [6.07, 6.45) is 1.73. The summed E-state index contributed by atoms with van der Waals surface area (Å²) in [6, 6.07) is 8.00. The maximum Gasteiger partial charge on any atom is 0.343 e. The SMILES string of the molecule is CCCn1c(S[C@H](C)C(=O)N2CCc3ccccc32)n[nH]c1=O. The van der Waals surface area contributed by atoms with Gasteiger partial charge in [0.15, 0.2) is 5.16 Å². The zero-order valence-electron chi connectivity index (χ0n) is 13.3. The molecule has 0 aliphatic carbocycles. The Morgan fingerprint density at radius 2 is 2.22 bits per heavy atom. The summed E-state index contributed by atoms with van der Waals surface area (Å²) in [4.78, 5) is 26.3. The van der Waals surface area contributed by atoms with E-state index < -0.39 is 0 Å². The minimum absolute atomic E-state index is 0.0541. The average Bonchev–Trinajstić information content (AvgIpc) is 3.13. The summed E-state index contributed by atoms with van der Waals surface area (Å²) in [7, 11) is 0. The van der Waals surface area contributed by atoms with Gasteiger partial charge in [0, 0.05) is 18.8 Å². The molecule has 0 spiro atoms. The highest BCUT2D eigenvalue weighted by molar-refractivity contribution is 8.00. The number of aromatic nitrogens is 3. The van der Waals surface area contributed by atoms with Crippen LogP contribution in [0, 0.1) is 0 Å². The van der Waals surface area contributed by atoms with Gasteiger partial charge in [0.2, 0.25) is 5.91 Å². The molecule has 1 atom stereocenters. The number of thioether (sulfide) groups is 1. The number of rotatable bonds is 5. The molecule has 122 valence electrons. The third-order valence-electron chi connectivity index (χ3n) is 3.95. The Balaban J connectivity index is 1.75. The predicted octanol–water partition coefficient (Wildman–Crippen LogP) is 2.05. The number of carbonyl (C=O) groups is 1. The van der Waals surface area contributed by atoms with E-state index >= 15 is 0 Å². The van der Waals surface area contributed by atoms with Gasteiger partial charge >= 0.3 is 5.69 Å². The Morgan fingerprint density at radius 1 is 1.43 bits per heavy atom. The van der Waals surface area contributed by atoms with Gasteiger partial charge in [-0.3, -0.25) is 9.36 Å². The Bertz CT molecular complexity index is 767. The van der Waals surface area contributed by atoms with Crippen molar-refractivity contribution in [2.45, 2.75) is 43.6 Å². The molecule has 0 saturated heterocycles. The molecule has 3 rings (SSSR count). The fraction of sp³-hybridized carbons (Fsp3) is 0.438. The number of fused-ring (bicyclic) bond motifs is 1. The summed E-state index contributed by atoms with van der Waals surface area (Å²) in [5.41, 5.74) is 1.99. The number of benzene rings is 1. The van der Waals surface area contributed by atoms with Crippen molar-refractivity contribution in [1.82, 2.24) is 14.8 Å². The van der Waals surface area contributed by atoms with Crippen LogP contribution in [0.2, 0.25) is 0 Å². The number of carbonyl (C=O) groups excluding carboxylic acids is 1. The maximum absolute atomic E-state index is 12.8. The van der Waals surface area contributed by atoms with Crippen molar-refractivity contribution in [3.63, 3.8) is 0 Å². The quantitative estimate of drug-likeness (QED) is 0.851. The summed E-state index contributed by atoms with van der Waals surface area (Å²) in [5, 5.41) is 6.78. The van der Waals surface area contributed by atoms with E-state index in [0.29, 0.717) is 18.2 Å². The molecule has 0 bridgehead atoms. The number of H-pyrrole nitrogens is 1. The third kappa shape index (κ3) is 3.06. The fourth-order valence-corrected chi connectivity index (χ4v) is 3.75. The lowest BCUT2D eigenvalue weighted by molar-refractivity contribution is -0.117. The van der Waals surface area contributed by atoms with Crippen LogP contribution in [0.1, 0.15) is 25.8 Å². The van der Waals surface area contributed by atoms with Crippen LogP contribution in [0.4, 0.5) is 5.69 Å². The first kappa shape index (κ1) is 15.9. The number of nitrogens with zero attached hydrogens (tertiary/aromatic N) is 3. The van der Waals surface area contributed by atoms with E-state index in [2.05, 4.69) is 16.3 Å². The summed E-state index contributed by atoms with van der Waals surface area (Å²) >= 11 is 1.33. The van der Waals surface area contributed by atoms with Crippen LogP contribution in [0.3, 0.4) is 0 Å². The average molecular weight is 332 g/mol. The van der Waals surface area contributed by atoms with Gasteiger partial charge in [0.25, 0.3) is 0 Å². The Kier molecular flexibility index (Phi) is 4.56. The van der Waals surface area contributed by atoms with Gasteiger partial charge in [-0.05, 0) is 31.4 Å². The van der Waals surface area contributed by atoms with Gasteiger partial charge < -0.3 is 4.90 Å². The van der Waals surface area contributed by atoms with Gasteiger partial charge in [-0.2, -0.15) is 0 Å². The molecule has 1 amide bonds. The fourth-order valence-electron chi connectivity index (χ4n) is 2.81. The van der Waals surface area contributed by atoms with Gasteiger partial charge in [-0.15, -0.1) is 5.10 Å². The lowest BCUT2D eigenvalue weighted by Gasteiger charge is -2.21. The second-order valence-corrected chi connectivity index (χ2v) is 6.90. The molecule has 1 aromatic carbocycles. The number of aromatic amines is 1. The van der Waals surface area contributed by atoms with Crippen molar-refractivity contribution >= 4 is 23.4 Å². The van der Waals surface area contributed by atoms with Crippen LogP contribution in [-0.4, -0.2) is 32.5 Å². The topological polar surface area (TPSA) is 71.0 Å². The monoisotopic (exact) mass is 332 g/mol. The van der Waals surface area contributed by atoms with Crippen molar-refractivity contribution < 1.29 is 4.79 Å². The van der Waals surface area contributed by atoms with Crippen LogP contribution in [-0.2, 0) is 17.8 Å². The third-order valence-corrected chi connectivity index (χ3v) is 5.03. The normalized spacial score (nSPS) is 14.8. The molecule has 6 nitrogen and oxygen atoms in total. The lowest BCUT2D eigenvalue weighted by atomic mass is 10.2. The first-order valence-electron chi connectivity index (χ1n) is 7.83. The van der Waals surface area contributed by atoms with Crippen molar-refractivity contribution in [2.75, 3.05) is 11.4 Å². The number of amides is 1. The van der Waals surface area contributed by atoms with Crippen LogP contribution in [0.25, 0.3) is 0 Å². The molecule has 0 unspecified atom stereocenters. The molecule has 2 heterocycles. The maximum atomic E-state index is 12.8. The van der Waals surface area contributed by atoms with E-state index in [1.54, 1.807) is 4.57 Å². The van der Waals surface area contributed by atoms with Crippen LogP contribution in [0.5, 0.6) is 0 Å². The zero-order valence-corrected chi connectivity index (χ0v) is 14.1. The molecule has 7 heteroatoms. The highest BCUT2D eigenvalue weighted by Gasteiger charge is 2.29. The van der Waals surface area contributed by atoms with Crippen LogP contribution < -0.4 is 10.6 Å². The molecule has 0 saturated carbocycles. The second kappa shape index (κ2) is 6.62. The molecule has 2 aromatic rings. The van der Waals surface area contributed by atoms with Gasteiger partial charge in [-0.1, -0.05) is 36.9 Å². The predicted molar refractivity (Wildman–Crippen MR) is 91.0 cm³/mol. The van der Waals surface area contributed by atoms with Crippen LogP contribution >= 0.6 is 11.8 Å². The number of anilines is 1. The lowest BCUT2D eigenvalue weighted by Crippen LogP contribution is -2.35. The zero-order chi connectivity index (χ0) is 16.4. The molecule has 1 aromatic heterocycles. The number of nitrogens with one attached hydrogen (secondary N) is 1. The van der Waals surface area contributed by atoms with E-state index in [1.807, 2.05) is 36.9 Å². The van der Waals surface area contributed by atoms with Crippen molar-refractivity contribution in [3.05, 3.63) is 40.3 Å². The number of hydrogen-bond acceptors (Lipinski definition) is 4. The van der Waals surface area contributed by atoms with Gasteiger partial charge in [0.05, 0.1) is 5.25 Å². The van der Waals surface area contributed by atoms with E-state index in [4.69, 9.17) is 0 Å². The second-order valence-electron chi connectivity index (χ2n) is 5.59. The van der Waals surface area contributed by atoms with E-state index in [-0.39, 0.29) is 16.8 Å². The summed E-state index contributed by atoms with van der Waals surface area (Å²) in [5.74, 6) is 0.0541. The van der Waals surface area contributed by atoms with E-state index in [0.717, 1.165) is 18.5 Å². The highest BCUT2D eigenvalue weighted by atomic mass is 32.2. The molecule has 1 aliphatic heterocycles. The molecule has 23 heavy (non-hydrogen) atoms. The highest BCUT2D eigenvalue weighted by Crippen LogP contribution is 2.30. The number of hydrogen-bond donors (Lipinski definition) is 1. The molecule has 0 fully saturated rings. The first-order chi connectivity index (χ1) is 11.1. The van der Waals surface area contributed by atoms with Gasteiger partial charge in [0.1, 0.15) is 0 Å². The Morgan fingerprint density at radius 3 is 3.00 bits per heavy atom. The smallest absolute Gasteiger partial charge is 0.311 e. The minimum atomic E-state index is -0.299. The van der Waals surface area contributed by atoms with Crippen molar-refractivity contribution in [1.29, 1.82) is 0 Å². The van der Waals surface area contributed by atoms with Gasteiger partial charge in [-0.25, -0.2) is 9.89 Å². The molecular formula is C16H20N4O2S. The summed E-state index contributed by atoms with van der Waals surface area (Å²) < 4.78 is 1.59. The Labute approximate surface area is 138 Å². The Hall–Kier alpha value is -2.02. The summed E-state index contributed by atoms with van der Waals surface area (Å²) in [6.45, 7) is 5.18. The van der Waals surface area contributed by atoms with E-state index in [1.165, 1.54) is 17.3 Å². The first-order valence-corrected chi connectivity index (χ1v) is 8.71. The largest absolute Gasteiger partial charge is 0.343 e.